The van der Waals surface area contributed by atoms with Crippen LogP contribution in [0.2, 0.25) is 0 Å². The first-order chi connectivity index (χ1) is 17.4. The molecule has 0 bridgehead atoms. The fourth-order valence-corrected chi connectivity index (χ4v) is 4.31. The molecule has 3 N–H and O–H groups in total. The topological polar surface area (TPSA) is 165 Å². The van der Waals surface area contributed by atoms with Crippen molar-refractivity contribution in [1.29, 1.82) is 5.26 Å². The summed E-state index contributed by atoms with van der Waals surface area (Å²) < 4.78 is 5.38. The SMILES string of the molecule is CC1CN(C(=O)O)CC(=O)N1c1cc(NC(=O)OC(C)(C)C)c2cnc(NC(=O)[C@@H]3C[C@H]3C#N)cc2c1. The summed E-state index contributed by atoms with van der Waals surface area (Å²) in [6, 6.07) is 6.55. The second-order valence-corrected chi connectivity index (χ2v) is 10.3. The number of aromatic nitrogens is 1. The Morgan fingerprint density at radius 2 is 1.95 bits per heavy atom. The Hall–Kier alpha value is -4.40. The molecule has 4 rings (SSSR count). The first kappa shape index (κ1) is 25.7. The minimum Gasteiger partial charge on any atom is -0.465 e. The molecule has 194 valence electrons. The van der Waals surface area contributed by atoms with Crippen molar-refractivity contribution in [3.63, 3.8) is 0 Å². The quantitative estimate of drug-likeness (QED) is 0.565. The van der Waals surface area contributed by atoms with E-state index in [1.54, 1.807) is 45.9 Å². The molecule has 1 aromatic heterocycles. The Kier molecular flexibility index (Phi) is 6.64. The first-order valence-electron chi connectivity index (χ1n) is 11.8. The third-order valence-electron chi connectivity index (χ3n) is 6.07. The van der Waals surface area contributed by atoms with Crippen molar-refractivity contribution in [1.82, 2.24) is 9.88 Å². The Bertz CT molecular complexity index is 1330. The molecule has 12 nitrogen and oxygen atoms in total. The van der Waals surface area contributed by atoms with Gasteiger partial charge in [-0.05, 0) is 57.7 Å². The predicted octanol–water partition coefficient (Wildman–Crippen LogP) is 3.40. The lowest BCUT2D eigenvalue weighted by molar-refractivity contribution is -0.121. The Labute approximate surface area is 213 Å². The highest BCUT2D eigenvalue weighted by atomic mass is 16.6. The number of piperazine rings is 1. The average Bonchev–Trinajstić information content (AvgIpc) is 3.57. The number of hydrogen-bond acceptors (Lipinski definition) is 7. The van der Waals surface area contributed by atoms with E-state index in [0.717, 1.165) is 4.90 Å². The maximum Gasteiger partial charge on any atom is 0.412 e. The Morgan fingerprint density at radius 1 is 1.22 bits per heavy atom. The molecule has 2 aliphatic rings. The molecular formula is C25H28N6O6. The van der Waals surface area contributed by atoms with Crippen molar-refractivity contribution in [2.75, 3.05) is 28.6 Å². The number of anilines is 3. The van der Waals surface area contributed by atoms with Gasteiger partial charge in [0, 0.05) is 23.8 Å². The lowest BCUT2D eigenvalue weighted by Crippen LogP contribution is -2.56. The number of carboxylic acid groups (broad SMARTS) is 1. The van der Waals surface area contributed by atoms with E-state index >= 15 is 0 Å². The highest BCUT2D eigenvalue weighted by Crippen LogP contribution is 2.39. The van der Waals surface area contributed by atoms with Gasteiger partial charge in [0.1, 0.15) is 18.0 Å². The number of pyridine rings is 1. The van der Waals surface area contributed by atoms with Crippen LogP contribution >= 0.6 is 0 Å². The van der Waals surface area contributed by atoms with Crippen molar-refractivity contribution in [2.45, 2.75) is 45.8 Å². The number of nitriles is 1. The lowest BCUT2D eigenvalue weighted by atomic mass is 10.1. The summed E-state index contributed by atoms with van der Waals surface area (Å²) in [4.78, 5) is 56.2. The number of carbonyl (C=O) groups excluding carboxylic acids is 3. The highest BCUT2D eigenvalue weighted by Gasteiger charge is 2.43. The largest absolute Gasteiger partial charge is 0.465 e. The van der Waals surface area contributed by atoms with Gasteiger partial charge in [0.25, 0.3) is 0 Å². The minimum absolute atomic E-state index is 0.118. The monoisotopic (exact) mass is 508 g/mol. The molecule has 1 aliphatic heterocycles. The average molecular weight is 509 g/mol. The molecular weight excluding hydrogens is 480 g/mol. The van der Waals surface area contributed by atoms with Crippen LogP contribution in [0.3, 0.4) is 0 Å². The van der Waals surface area contributed by atoms with E-state index < -0.39 is 29.7 Å². The second kappa shape index (κ2) is 9.57. The Morgan fingerprint density at radius 3 is 2.54 bits per heavy atom. The van der Waals surface area contributed by atoms with Gasteiger partial charge in [0.05, 0.1) is 29.6 Å². The van der Waals surface area contributed by atoms with Crippen molar-refractivity contribution >= 4 is 52.0 Å². The number of ether oxygens (including phenoxy) is 1. The summed E-state index contributed by atoms with van der Waals surface area (Å²) in [5.74, 6) is -1.12. The van der Waals surface area contributed by atoms with E-state index in [0.29, 0.717) is 28.6 Å². The van der Waals surface area contributed by atoms with E-state index in [-0.39, 0.29) is 36.7 Å². The van der Waals surface area contributed by atoms with Crippen LogP contribution in [-0.2, 0) is 14.3 Å². The molecule has 2 aromatic rings. The van der Waals surface area contributed by atoms with Crippen LogP contribution in [0.5, 0.6) is 0 Å². The molecule has 2 heterocycles. The van der Waals surface area contributed by atoms with Crippen LogP contribution in [0.15, 0.2) is 24.4 Å². The fraction of sp³-hybridized carbons (Fsp3) is 0.440. The van der Waals surface area contributed by atoms with Gasteiger partial charge in [-0.3, -0.25) is 19.8 Å². The minimum atomic E-state index is -1.17. The zero-order valence-corrected chi connectivity index (χ0v) is 20.9. The lowest BCUT2D eigenvalue weighted by Gasteiger charge is -2.38. The summed E-state index contributed by atoms with van der Waals surface area (Å²) in [6.07, 6.45) is 0.122. The fourth-order valence-electron chi connectivity index (χ4n) is 4.31. The van der Waals surface area contributed by atoms with E-state index in [9.17, 15) is 24.3 Å². The molecule has 2 fully saturated rings. The number of hydrogen-bond donors (Lipinski definition) is 3. The maximum absolute atomic E-state index is 12.9. The molecule has 1 saturated carbocycles. The first-order valence-corrected chi connectivity index (χ1v) is 11.8. The van der Waals surface area contributed by atoms with Crippen LogP contribution in [0.1, 0.15) is 34.1 Å². The number of rotatable bonds is 4. The van der Waals surface area contributed by atoms with Gasteiger partial charge >= 0.3 is 12.2 Å². The van der Waals surface area contributed by atoms with Crippen LogP contribution in [-0.4, -0.2) is 63.7 Å². The molecule has 3 atom stereocenters. The molecule has 37 heavy (non-hydrogen) atoms. The summed E-state index contributed by atoms with van der Waals surface area (Å²) in [6.45, 7) is 6.75. The van der Waals surface area contributed by atoms with E-state index in [1.807, 2.05) is 0 Å². The van der Waals surface area contributed by atoms with Gasteiger partial charge in [-0.2, -0.15) is 5.26 Å². The molecule has 0 radical (unpaired) electrons. The molecule has 1 aromatic carbocycles. The van der Waals surface area contributed by atoms with Gasteiger partial charge in [0.15, 0.2) is 0 Å². The van der Waals surface area contributed by atoms with Crippen molar-refractivity contribution in [3.8, 4) is 6.07 Å². The smallest absolute Gasteiger partial charge is 0.412 e. The van der Waals surface area contributed by atoms with Crippen LogP contribution in [0.4, 0.5) is 26.8 Å². The van der Waals surface area contributed by atoms with Gasteiger partial charge in [-0.15, -0.1) is 0 Å². The van der Waals surface area contributed by atoms with E-state index in [4.69, 9.17) is 10.00 Å². The number of amides is 4. The van der Waals surface area contributed by atoms with Crippen LogP contribution < -0.4 is 15.5 Å². The number of nitrogens with one attached hydrogen (secondary N) is 2. The predicted molar refractivity (Wildman–Crippen MR) is 134 cm³/mol. The Balaban J connectivity index is 1.71. The standard InChI is InChI=1S/C25H28N6O6/c1-13-11-30(24(35)36)12-21(32)31(13)16-5-14-7-20(29-22(33)17-6-15(17)9-26)27-10-18(14)19(8-16)28-23(34)37-25(2,3)4/h5,7-8,10,13,15,17H,6,11-12H2,1-4H3,(H,28,34)(H,35,36)(H,27,29,33)/t13?,15-,17+/m0/s1. The number of carbonyl (C=O) groups is 4. The zero-order valence-electron chi connectivity index (χ0n) is 20.9. The number of nitrogens with zero attached hydrogens (tertiary/aromatic N) is 4. The molecule has 1 aliphatic carbocycles. The summed E-state index contributed by atoms with van der Waals surface area (Å²) >= 11 is 0. The molecule has 0 spiro atoms. The molecule has 12 heteroatoms. The second-order valence-electron chi connectivity index (χ2n) is 10.3. The maximum atomic E-state index is 12.9. The van der Waals surface area contributed by atoms with Crippen molar-refractivity contribution in [3.05, 3.63) is 24.4 Å². The normalized spacial score (nSPS) is 21.3. The van der Waals surface area contributed by atoms with Crippen molar-refractivity contribution in [2.24, 2.45) is 11.8 Å². The van der Waals surface area contributed by atoms with Gasteiger partial charge in [-0.25, -0.2) is 14.6 Å². The third-order valence-corrected chi connectivity index (χ3v) is 6.07. The van der Waals surface area contributed by atoms with Gasteiger partial charge in [0.2, 0.25) is 11.8 Å². The molecule has 1 saturated heterocycles. The summed E-state index contributed by atoms with van der Waals surface area (Å²) in [7, 11) is 0. The van der Waals surface area contributed by atoms with Crippen LogP contribution in [0, 0.1) is 23.2 Å². The number of fused-ring (bicyclic) bond motifs is 1. The number of benzene rings is 1. The van der Waals surface area contributed by atoms with Gasteiger partial charge < -0.3 is 20.1 Å². The molecule has 1 unspecified atom stereocenters. The summed E-state index contributed by atoms with van der Waals surface area (Å²) in [5, 5.41) is 24.9. The molecule has 4 amide bonds. The third kappa shape index (κ3) is 5.72. The zero-order chi connectivity index (χ0) is 27.1. The van der Waals surface area contributed by atoms with Crippen molar-refractivity contribution < 1.29 is 29.0 Å². The van der Waals surface area contributed by atoms with E-state index in [1.165, 1.54) is 11.1 Å². The summed E-state index contributed by atoms with van der Waals surface area (Å²) in [5.41, 5.74) is 0.0328. The van der Waals surface area contributed by atoms with Crippen LogP contribution in [0.25, 0.3) is 10.8 Å². The highest BCUT2D eigenvalue weighted by molar-refractivity contribution is 6.06. The van der Waals surface area contributed by atoms with Gasteiger partial charge in [-0.1, -0.05) is 0 Å². The van der Waals surface area contributed by atoms with E-state index in [2.05, 4.69) is 21.7 Å².